The van der Waals surface area contributed by atoms with Crippen LogP contribution in [0.3, 0.4) is 0 Å². The average Bonchev–Trinajstić information content (AvgIpc) is 3.08. The van der Waals surface area contributed by atoms with Crippen LogP contribution in [-0.4, -0.2) is 42.4 Å². The zero-order valence-corrected chi connectivity index (χ0v) is 12.8. The quantitative estimate of drug-likeness (QED) is 0.907. The van der Waals surface area contributed by atoms with Crippen molar-refractivity contribution >= 4 is 0 Å². The lowest BCUT2D eigenvalue weighted by molar-refractivity contribution is 0.361. The topological polar surface area (TPSA) is 42.3 Å². The number of hydrogen-bond donors (Lipinski definition) is 1. The molecule has 0 bridgehead atoms. The van der Waals surface area contributed by atoms with E-state index in [1.54, 1.807) is 7.11 Å². The van der Waals surface area contributed by atoms with E-state index in [4.69, 9.17) is 4.74 Å². The van der Waals surface area contributed by atoms with E-state index >= 15 is 0 Å². The van der Waals surface area contributed by atoms with Gasteiger partial charge in [-0.2, -0.15) is 5.10 Å². The molecule has 0 amide bonds. The van der Waals surface area contributed by atoms with E-state index in [2.05, 4.69) is 58.4 Å². The summed E-state index contributed by atoms with van der Waals surface area (Å²) >= 11 is 0. The Morgan fingerprint density at radius 1 is 1.38 bits per heavy atom. The summed E-state index contributed by atoms with van der Waals surface area (Å²) in [4.78, 5) is 2.16. The van der Waals surface area contributed by atoms with Crippen LogP contribution in [0.1, 0.15) is 22.9 Å². The molecule has 1 aliphatic rings. The molecular weight excluding hydrogens is 264 g/mol. The minimum absolute atomic E-state index is 0.154. The van der Waals surface area contributed by atoms with Crippen LogP contribution in [0.2, 0.25) is 0 Å². The molecule has 0 saturated carbocycles. The molecule has 1 N–H and O–H groups in total. The van der Waals surface area contributed by atoms with Gasteiger partial charge >= 0.3 is 0 Å². The summed E-state index contributed by atoms with van der Waals surface area (Å²) in [6, 6.07) is 8.69. The van der Waals surface area contributed by atoms with E-state index in [9.17, 15) is 0 Å². The summed E-state index contributed by atoms with van der Waals surface area (Å²) in [5.74, 6) is 0.850. The predicted molar refractivity (Wildman–Crippen MR) is 82.5 cm³/mol. The van der Waals surface area contributed by atoms with Crippen molar-refractivity contribution in [3.8, 4) is 5.75 Å². The Kier molecular flexibility index (Phi) is 3.94. The number of nitrogens with zero attached hydrogens (tertiary/aromatic N) is 3. The largest absolute Gasteiger partial charge is 0.493 e. The zero-order chi connectivity index (χ0) is 14.8. The van der Waals surface area contributed by atoms with E-state index in [0.717, 1.165) is 31.1 Å². The van der Waals surface area contributed by atoms with Crippen LogP contribution < -0.4 is 10.1 Å². The molecule has 0 spiro atoms. The molecule has 0 aliphatic carbocycles. The van der Waals surface area contributed by atoms with Gasteiger partial charge in [-0.15, -0.1) is 0 Å². The van der Waals surface area contributed by atoms with Gasteiger partial charge in [0.25, 0.3) is 0 Å². The number of fused-ring (bicyclic) bond motifs is 1. The first kappa shape index (κ1) is 14.1. The molecular formula is C16H22N4O. The highest BCUT2D eigenvalue weighted by Crippen LogP contribution is 2.35. The third-order valence-electron chi connectivity index (χ3n) is 3.96. The first-order valence-corrected chi connectivity index (χ1v) is 7.26. The minimum atomic E-state index is 0.154. The minimum Gasteiger partial charge on any atom is -0.493 e. The van der Waals surface area contributed by atoms with Gasteiger partial charge in [-0.25, -0.2) is 0 Å². The molecule has 1 aliphatic heterocycles. The van der Waals surface area contributed by atoms with Crippen LogP contribution in [-0.2, 0) is 13.1 Å². The smallest absolute Gasteiger partial charge is 0.161 e. The predicted octanol–water partition coefficient (Wildman–Crippen LogP) is 1.65. The van der Waals surface area contributed by atoms with Crippen molar-refractivity contribution in [1.82, 2.24) is 20.0 Å². The Labute approximate surface area is 125 Å². The van der Waals surface area contributed by atoms with Crippen molar-refractivity contribution in [1.29, 1.82) is 0 Å². The van der Waals surface area contributed by atoms with E-state index in [0.29, 0.717) is 0 Å². The SMILES string of the molecule is COc1cnn(CCN(C)C)c1C1NCc2ccccc21. The molecule has 5 nitrogen and oxygen atoms in total. The Hall–Kier alpha value is -1.85. The molecule has 1 aromatic carbocycles. The number of methoxy groups -OCH3 is 1. The normalized spacial score (nSPS) is 17.2. The second kappa shape index (κ2) is 5.87. The monoisotopic (exact) mass is 286 g/mol. The lowest BCUT2D eigenvalue weighted by Crippen LogP contribution is -2.24. The molecule has 0 saturated heterocycles. The Morgan fingerprint density at radius 3 is 2.95 bits per heavy atom. The first-order chi connectivity index (χ1) is 10.2. The van der Waals surface area contributed by atoms with Crippen molar-refractivity contribution in [3.63, 3.8) is 0 Å². The lowest BCUT2D eigenvalue weighted by atomic mass is 10.0. The second-order valence-corrected chi connectivity index (χ2v) is 5.64. The summed E-state index contributed by atoms with van der Waals surface area (Å²) in [5.41, 5.74) is 3.79. The number of nitrogens with one attached hydrogen (secondary N) is 1. The highest BCUT2D eigenvalue weighted by molar-refractivity contribution is 5.43. The summed E-state index contributed by atoms with van der Waals surface area (Å²) in [6.07, 6.45) is 1.81. The molecule has 5 heteroatoms. The molecule has 1 unspecified atom stereocenters. The lowest BCUT2D eigenvalue weighted by Gasteiger charge is -2.18. The van der Waals surface area contributed by atoms with Crippen molar-refractivity contribution in [2.24, 2.45) is 0 Å². The van der Waals surface area contributed by atoms with Crippen LogP contribution in [0.25, 0.3) is 0 Å². The number of benzene rings is 1. The standard InChI is InChI=1S/C16H22N4O/c1-19(2)8-9-20-16(14(21-3)11-18-20)15-13-7-5-4-6-12(13)10-17-15/h4-7,11,15,17H,8-10H2,1-3H3. The fourth-order valence-corrected chi connectivity index (χ4v) is 2.84. The van der Waals surface area contributed by atoms with Gasteiger partial charge < -0.3 is 15.0 Å². The van der Waals surface area contributed by atoms with Gasteiger partial charge in [0.2, 0.25) is 0 Å². The van der Waals surface area contributed by atoms with Crippen molar-refractivity contribution in [2.75, 3.05) is 27.7 Å². The molecule has 21 heavy (non-hydrogen) atoms. The van der Waals surface area contributed by atoms with Crippen molar-refractivity contribution in [2.45, 2.75) is 19.1 Å². The highest BCUT2D eigenvalue weighted by Gasteiger charge is 2.29. The number of hydrogen-bond acceptors (Lipinski definition) is 4. The van der Waals surface area contributed by atoms with Crippen molar-refractivity contribution in [3.05, 3.63) is 47.3 Å². The van der Waals surface area contributed by atoms with Crippen LogP contribution >= 0.6 is 0 Å². The maximum Gasteiger partial charge on any atom is 0.161 e. The third-order valence-corrected chi connectivity index (χ3v) is 3.96. The number of rotatable bonds is 5. The Bertz CT molecular complexity index is 620. The van der Waals surface area contributed by atoms with E-state index in [-0.39, 0.29) is 6.04 Å². The van der Waals surface area contributed by atoms with Crippen LogP contribution in [0.5, 0.6) is 5.75 Å². The number of aromatic nitrogens is 2. The fraction of sp³-hybridized carbons (Fsp3) is 0.438. The van der Waals surface area contributed by atoms with Gasteiger partial charge in [0, 0.05) is 13.1 Å². The molecule has 1 aromatic heterocycles. The Balaban J connectivity index is 1.96. The van der Waals surface area contributed by atoms with Gasteiger partial charge in [0.15, 0.2) is 5.75 Å². The van der Waals surface area contributed by atoms with E-state index in [1.165, 1.54) is 11.1 Å². The highest BCUT2D eigenvalue weighted by atomic mass is 16.5. The molecule has 2 heterocycles. The van der Waals surface area contributed by atoms with Crippen LogP contribution in [0, 0.1) is 0 Å². The summed E-state index contributed by atoms with van der Waals surface area (Å²) in [5, 5.41) is 8.07. The molecule has 3 rings (SSSR count). The van der Waals surface area contributed by atoms with E-state index in [1.807, 2.05) is 6.20 Å². The van der Waals surface area contributed by atoms with Gasteiger partial charge in [0.05, 0.1) is 25.9 Å². The summed E-state index contributed by atoms with van der Waals surface area (Å²) < 4.78 is 7.58. The van der Waals surface area contributed by atoms with Gasteiger partial charge in [-0.3, -0.25) is 4.68 Å². The molecule has 1 atom stereocenters. The van der Waals surface area contributed by atoms with Crippen LogP contribution in [0.15, 0.2) is 30.5 Å². The molecule has 2 aromatic rings. The van der Waals surface area contributed by atoms with Gasteiger partial charge in [0.1, 0.15) is 5.69 Å². The summed E-state index contributed by atoms with van der Waals surface area (Å²) in [6.45, 7) is 2.70. The maximum absolute atomic E-state index is 5.52. The van der Waals surface area contributed by atoms with E-state index < -0.39 is 0 Å². The molecule has 112 valence electrons. The molecule has 0 radical (unpaired) electrons. The second-order valence-electron chi connectivity index (χ2n) is 5.64. The Morgan fingerprint density at radius 2 is 2.19 bits per heavy atom. The number of likely N-dealkylation sites (N-methyl/N-ethyl adjacent to an activating group) is 1. The van der Waals surface area contributed by atoms with Gasteiger partial charge in [-0.05, 0) is 25.2 Å². The third kappa shape index (κ3) is 2.66. The first-order valence-electron chi connectivity index (χ1n) is 7.26. The zero-order valence-electron chi connectivity index (χ0n) is 12.8. The maximum atomic E-state index is 5.52. The fourth-order valence-electron chi connectivity index (χ4n) is 2.84. The van der Waals surface area contributed by atoms with Gasteiger partial charge in [-0.1, -0.05) is 24.3 Å². The molecule has 0 fully saturated rings. The summed E-state index contributed by atoms with van der Waals surface area (Å²) in [7, 11) is 5.85. The van der Waals surface area contributed by atoms with Crippen molar-refractivity contribution < 1.29 is 4.74 Å². The average molecular weight is 286 g/mol. The van der Waals surface area contributed by atoms with Crippen LogP contribution in [0.4, 0.5) is 0 Å². The number of ether oxygens (including phenoxy) is 1.